The van der Waals surface area contributed by atoms with Gasteiger partial charge in [-0.2, -0.15) is 0 Å². The molecule has 0 radical (unpaired) electrons. The van der Waals surface area contributed by atoms with E-state index in [4.69, 9.17) is 11.6 Å². The highest BCUT2D eigenvalue weighted by Gasteiger charge is 2.19. The van der Waals surface area contributed by atoms with Gasteiger partial charge in [-0.15, -0.1) is 0 Å². The Bertz CT molecular complexity index is 630. The molecule has 1 N–H and O–H groups in total. The molecule has 0 aliphatic rings. The van der Waals surface area contributed by atoms with Crippen LogP contribution in [0.15, 0.2) is 24.3 Å². The maximum atomic E-state index is 6.10. The van der Waals surface area contributed by atoms with Crippen LogP contribution in [-0.4, -0.2) is 9.97 Å². The second-order valence-electron chi connectivity index (χ2n) is 6.02. The van der Waals surface area contributed by atoms with Gasteiger partial charge in [0, 0.05) is 17.2 Å². The first-order valence-electron chi connectivity index (χ1n) is 6.65. The quantitative estimate of drug-likeness (QED) is 0.808. The SMILES string of the molecule is Cc1cccc(Nc2cc(Cl)nc(C(C)(C)C)n2)c1C. The number of hydrogen-bond acceptors (Lipinski definition) is 3. The molecule has 1 aromatic heterocycles. The van der Waals surface area contributed by atoms with Crippen LogP contribution < -0.4 is 5.32 Å². The van der Waals surface area contributed by atoms with Gasteiger partial charge in [-0.05, 0) is 31.0 Å². The van der Waals surface area contributed by atoms with Crippen LogP contribution in [0.3, 0.4) is 0 Å². The van der Waals surface area contributed by atoms with Gasteiger partial charge < -0.3 is 5.32 Å². The van der Waals surface area contributed by atoms with Gasteiger partial charge in [0.05, 0.1) is 0 Å². The molecule has 4 heteroatoms. The van der Waals surface area contributed by atoms with Gasteiger partial charge in [-0.1, -0.05) is 44.5 Å². The monoisotopic (exact) mass is 289 g/mol. The van der Waals surface area contributed by atoms with Crippen molar-refractivity contribution >= 4 is 23.1 Å². The van der Waals surface area contributed by atoms with E-state index in [2.05, 4.69) is 56.0 Å². The summed E-state index contributed by atoms with van der Waals surface area (Å²) in [4.78, 5) is 8.87. The molecule has 20 heavy (non-hydrogen) atoms. The van der Waals surface area contributed by atoms with E-state index in [1.165, 1.54) is 11.1 Å². The van der Waals surface area contributed by atoms with Gasteiger partial charge in [0.25, 0.3) is 0 Å². The Morgan fingerprint density at radius 2 is 1.80 bits per heavy atom. The van der Waals surface area contributed by atoms with E-state index in [-0.39, 0.29) is 5.41 Å². The average molecular weight is 290 g/mol. The third-order valence-electron chi connectivity index (χ3n) is 3.23. The Morgan fingerprint density at radius 1 is 1.10 bits per heavy atom. The molecule has 0 saturated carbocycles. The fourth-order valence-corrected chi connectivity index (χ4v) is 2.02. The molecule has 2 aromatic rings. The fourth-order valence-electron chi connectivity index (χ4n) is 1.84. The summed E-state index contributed by atoms with van der Waals surface area (Å²) in [6.07, 6.45) is 0. The fraction of sp³-hybridized carbons (Fsp3) is 0.375. The van der Waals surface area contributed by atoms with Gasteiger partial charge in [-0.25, -0.2) is 9.97 Å². The molecule has 0 atom stereocenters. The number of aromatic nitrogens is 2. The maximum Gasteiger partial charge on any atom is 0.137 e. The van der Waals surface area contributed by atoms with E-state index >= 15 is 0 Å². The number of rotatable bonds is 2. The molecule has 1 aromatic carbocycles. The topological polar surface area (TPSA) is 37.8 Å². The van der Waals surface area contributed by atoms with Crippen LogP contribution in [0.4, 0.5) is 11.5 Å². The Labute approximate surface area is 125 Å². The van der Waals surface area contributed by atoms with E-state index < -0.39 is 0 Å². The van der Waals surface area contributed by atoms with Crippen molar-refractivity contribution in [3.63, 3.8) is 0 Å². The van der Waals surface area contributed by atoms with Crippen LogP contribution in [0, 0.1) is 13.8 Å². The van der Waals surface area contributed by atoms with E-state index in [0.717, 1.165) is 17.3 Å². The molecule has 0 aliphatic carbocycles. The van der Waals surface area contributed by atoms with Crippen molar-refractivity contribution in [3.8, 4) is 0 Å². The third kappa shape index (κ3) is 3.28. The lowest BCUT2D eigenvalue weighted by Gasteiger charge is -2.18. The van der Waals surface area contributed by atoms with Crippen LogP contribution in [-0.2, 0) is 5.41 Å². The lowest BCUT2D eigenvalue weighted by atomic mass is 9.96. The van der Waals surface area contributed by atoms with Gasteiger partial charge in [-0.3, -0.25) is 0 Å². The summed E-state index contributed by atoms with van der Waals surface area (Å²) in [5.41, 5.74) is 3.36. The highest BCUT2D eigenvalue weighted by atomic mass is 35.5. The summed E-state index contributed by atoms with van der Waals surface area (Å²) in [5.74, 6) is 1.46. The third-order valence-corrected chi connectivity index (χ3v) is 3.43. The van der Waals surface area contributed by atoms with Crippen LogP contribution in [0.5, 0.6) is 0 Å². The lowest BCUT2D eigenvalue weighted by molar-refractivity contribution is 0.546. The zero-order chi connectivity index (χ0) is 14.9. The number of anilines is 2. The van der Waals surface area contributed by atoms with Crippen LogP contribution in [0.1, 0.15) is 37.7 Å². The van der Waals surface area contributed by atoms with E-state index in [0.29, 0.717) is 5.15 Å². The van der Waals surface area contributed by atoms with Crippen molar-refractivity contribution in [2.24, 2.45) is 0 Å². The Kier molecular flexibility index (Phi) is 4.00. The van der Waals surface area contributed by atoms with Crippen molar-refractivity contribution in [2.75, 3.05) is 5.32 Å². The molecule has 3 nitrogen and oxygen atoms in total. The molecule has 0 bridgehead atoms. The summed E-state index contributed by atoms with van der Waals surface area (Å²) in [6, 6.07) is 7.90. The van der Waals surface area contributed by atoms with E-state index in [1.807, 2.05) is 12.1 Å². The summed E-state index contributed by atoms with van der Waals surface area (Å²) in [7, 11) is 0. The first kappa shape index (κ1) is 14.8. The van der Waals surface area contributed by atoms with Gasteiger partial charge in [0.15, 0.2) is 0 Å². The van der Waals surface area contributed by atoms with Gasteiger partial charge in [0.2, 0.25) is 0 Å². The Morgan fingerprint density at radius 3 is 2.45 bits per heavy atom. The van der Waals surface area contributed by atoms with E-state index in [9.17, 15) is 0 Å². The molecule has 0 spiro atoms. The molecular formula is C16H20ClN3. The molecule has 0 amide bonds. The second kappa shape index (κ2) is 5.41. The van der Waals surface area contributed by atoms with Crippen molar-refractivity contribution in [1.29, 1.82) is 0 Å². The minimum atomic E-state index is -0.136. The zero-order valence-corrected chi connectivity index (χ0v) is 13.3. The highest BCUT2D eigenvalue weighted by molar-refractivity contribution is 6.29. The molecular weight excluding hydrogens is 270 g/mol. The molecule has 1 heterocycles. The van der Waals surface area contributed by atoms with Crippen molar-refractivity contribution < 1.29 is 0 Å². The Hall–Kier alpha value is -1.61. The maximum absolute atomic E-state index is 6.10. The number of halogens is 1. The van der Waals surface area contributed by atoms with Crippen molar-refractivity contribution in [3.05, 3.63) is 46.4 Å². The predicted octanol–water partition coefficient (Wildman–Crippen LogP) is 4.79. The molecule has 106 valence electrons. The molecule has 0 aliphatic heterocycles. The van der Waals surface area contributed by atoms with Crippen molar-refractivity contribution in [1.82, 2.24) is 9.97 Å². The summed E-state index contributed by atoms with van der Waals surface area (Å²) in [5, 5.41) is 3.79. The summed E-state index contributed by atoms with van der Waals surface area (Å²) >= 11 is 6.10. The standard InChI is InChI=1S/C16H20ClN3/c1-10-7-6-8-12(11(10)2)18-14-9-13(17)19-15(20-14)16(3,4)5/h6-9H,1-5H3,(H,18,19,20). The van der Waals surface area contributed by atoms with Gasteiger partial charge in [0.1, 0.15) is 16.8 Å². The zero-order valence-electron chi connectivity index (χ0n) is 12.6. The number of nitrogens with zero attached hydrogens (tertiary/aromatic N) is 2. The number of aryl methyl sites for hydroxylation is 1. The normalized spacial score (nSPS) is 11.5. The molecule has 0 unspecified atom stereocenters. The average Bonchev–Trinajstić information content (AvgIpc) is 2.33. The van der Waals surface area contributed by atoms with Crippen molar-refractivity contribution in [2.45, 2.75) is 40.0 Å². The minimum absolute atomic E-state index is 0.136. The minimum Gasteiger partial charge on any atom is -0.340 e. The molecule has 2 rings (SSSR count). The largest absolute Gasteiger partial charge is 0.340 e. The summed E-state index contributed by atoms with van der Waals surface area (Å²) in [6.45, 7) is 10.4. The molecule has 0 saturated heterocycles. The van der Waals surface area contributed by atoms with Crippen LogP contribution >= 0.6 is 11.6 Å². The first-order chi connectivity index (χ1) is 9.27. The highest BCUT2D eigenvalue weighted by Crippen LogP contribution is 2.26. The number of hydrogen-bond donors (Lipinski definition) is 1. The number of benzene rings is 1. The second-order valence-corrected chi connectivity index (χ2v) is 6.41. The van der Waals surface area contributed by atoms with Gasteiger partial charge >= 0.3 is 0 Å². The number of nitrogens with one attached hydrogen (secondary N) is 1. The van der Waals surface area contributed by atoms with E-state index in [1.54, 1.807) is 6.07 Å². The van der Waals surface area contributed by atoms with Crippen LogP contribution in [0.25, 0.3) is 0 Å². The molecule has 0 fully saturated rings. The van der Waals surface area contributed by atoms with Crippen LogP contribution in [0.2, 0.25) is 5.15 Å². The summed E-state index contributed by atoms with van der Waals surface area (Å²) < 4.78 is 0. The first-order valence-corrected chi connectivity index (χ1v) is 7.03. The predicted molar refractivity (Wildman–Crippen MR) is 84.9 cm³/mol. The smallest absolute Gasteiger partial charge is 0.137 e. The Balaban J connectivity index is 2.39. The lowest BCUT2D eigenvalue weighted by Crippen LogP contribution is -2.16.